The molecule has 2 heteroatoms. The highest BCUT2D eigenvalue weighted by atomic mass is 32.1. The number of pyridine rings is 1. The molecular weight excluding hydrogens is 190 g/mol. The predicted octanol–water partition coefficient (Wildman–Crippen LogP) is 2.93. The van der Waals surface area contributed by atoms with Gasteiger partial charge in [0.05, 0.1) is 0 Å². The van der Waals surface area contributed by atoms with Crippen LogP contribution in [0.15, 0.2) is 30.5 Å². The van der Waals surface area contributed by atoms with Crippen LogP contribution in [0.3, 0.4) is 0 Å². The van der Waals surface area contributed by atoms with Crippen LogP contribution in [0.4, 0.5) is 0 Å². The molecule has 3 heterocycles. The molecule has 0 aliphatic carbocycles. The van der Waals surface area contributed by atoms with Crippen molar-refractivity contribution in [2.24, 2.45) is 0 Å². The van der Waals surface area contributed by atoms with Crippen LogP contribution in [0.5, 0.6) is 0 Å². The second-order valence-corrected chi connectivity index (χ2v) is 5.07. The van der Waals surface area contributed by atoms with Crippen LogP contribution >= 0.6 is 11.3 Å². The summed E-state index contributed by atoms with van der Waals surface area (Å²) >= 11 is 1.90. The van der Waals surface area contributed by atoms with Crippen molar-refractivity contribution >= 4 is 11.3 Å². The van der Waals surface area contributed by atoms with E-state index in [1.54, 1.807) is 0 Å². The maximum atomic E-state index is 2.35. The first-order valence-electron chi connectivity index (χ1n) is 4.88. The van der Waals surface area contributed by atoms with E-state index in [-0.39, 0.29) is 0 Å². The Morgan fingerprint density at radius 1 is 1.36 bits per heavy atom. The van der Waals surface area contributed by atoms with Crippen molar-refractivity contribution in [3.63, 3.8) is 0 Å². The van der Waals surface area contributed by atoms with Crippen molar-refractivity contribution in [3.05, 3.63) is 40.9 Å². The average Bonchev–Trinajstić information content (AvgIpc) is 2.68. The van der Waals surface area contributed by atoms with Gasteiger partial charge in [-0.3, -0.25) is 0 Å². The Hall–Kier alpha value is -1.15. The molecule has 14 heavy (non-hydrogen) atoms. The van der Waals surface area contributed by atoms with Crippen LogP contribution in [0.2, 0.25) is 0 Å². The van der Waals surface area contributed by atoms with Gasteiger partial charge in [0.1, 0.15) is 4.88 Å². The molecule has 3 rings (SSSR count). The van der Waals surface area contributed by atoms with Crippen LogP contribution in [0.25, 0.3) is 10.6 Å². The third-order valence-corrected chi connectivity index (χ3v) is 3.96. The zero-order chi connectivity index (χ0) is 9.71. The molecule has 70 valence electrons. The Balaban J connectivity index is 2.34. The van der Waals surface area contributed by atoms with Gasteiger partial charge in [0.25, 0.3) is 0 Å². The summed E-state index contributed by atoms with van der Waals surface area (Å²) in [6.07, 6.45) is 2.17. The van der Waals surface area contributed by atoms with E-state index in [4.69, 9.17) is 0 Å². The molecule has 0 radical (unpaired) electrons. The summed E-state index contributed by atoms with van der Waals surface area (Å²) in [4.78, 5) is 2.87. The second-order valence-electron chi connectivity index (χ2n) is 3.81. The molecule has 0 amide bonds. The van der Waals surface area contributed by atoms with Gasteiger partial charge in [0, 0.05) is 29.5 Å². The number of aromatic nitrogens is 1. The molecule has 0 bridgehead atoms. The monoisotopic (exact) mass is 202 g/mol. The first-order chi connectivity index (χ1) is 6.77. The first-order valence-corrected chi connectivity index (χ1v) is 5.70. The molecule has 0 N–H and O–H groups in total. The standard InChI is InChI=1S/C12H12NS/c1-8-7-10-9(2)13-6-4-3-5-11(13)12(10)14-8/h3-7,9H,1-2H3/q+1. The number of hydrogen-bond donors (Lipinski definition) is 0. The molecule has 1 unspecified atom stereocenters. The van der Waals surface area contributed by atoms with Gasteiger partial charge in [-0.2, -0.15) is 4.57 Å². The fraction of sp³-hybridized carbons (Fsp3) is 0.250. The Morgan fingerprint density at radius 2 is 2.21 bits per heavy atom. The summed E-state index contributed by atoms with van der Waals surface area (Å²) in [5, 5.41) is 0. The molecule has 0 fully saturated rings. The zero-order valence-corrected chi connectivity index (χ0v) is 9.14. The zero-order valence-electron chi connectivity index (χ0n) is 8.32. The van der Waals surface area contributed by atoms with E-state index in [2.05, 4.69) is 48.9 Å². The van der Waals surface area contributed by atoms with Gasteiger partial charge in [-0.25, -0.2) is 0 Å². The highest BCUT2D eigenvalue weighted by molar-refractivity contribution is 7.15. The lowest BCUT2D eigenvalue weighted by Gasteiger charge is -1.98. The lowest BCUT2D eigenvalue weighted by atomic mass is 10.1. The molecule has 0 saturated carbocycles. The third-order valence-electron chi connectivity index (χ3n) is 2.87. The summed E-state index contributed by atoms with van der Waals surface area (Å²) < 4.78 is 2.35. The topological polar surface area (TPSA) is 3.88 Å². The van der Waals surface area contributed by atoms with Crippen LogP contribution < -0.4 is 4.57 Å². The van der Waals surface area contributed by atoms with E-state index < -0.39 is 0 Å². The number of rotatable bonds is 0. The number of aryl methyl sites for hydroxylation is 1. The van der Waals surface area contributed by atoms with Gasteiger partial charge in [-0.1, -0.05) is 0 Å². The van der Waals surface area contributed by atoms with Crippen LogP contribution in [0, 0.1) is 6.92 Å². The largest absolute Gasteiger partial charge is 0.223 e. The molecular formula is C12H12NS+. The lowest BCUT2D eigenvalue weighted by molar-refractivity contribution is -0.694. The summed E-state index contributed by atoms with van der Waals surface area (Å²) in [7, 11) is 0. The molecule has 0 spiro atoms. The lowest BCUT2D eigenvalue weighted by Crippen LogP contribution is -2.35. The van der Waals surface area contributed by atoms with Gasteiger partial charge in [-0.15, -0.1) is 11.3 Å². The maximum Gasteiger partial charge on any atom is 0.223 e. The number of hydrogen-bond acceptors (Lipinski definition) is 1. The smallest absolute Gasteiger partial charge is 0.191 e. The Morgan fingerprint density at radius 3 is 3.07 bits per heavy atom. The summed E-state index contributed by atoms with van der Waals surface area (Å²) in [5.74, 6) is 0. The van der Waals surface area contributed by atoms with Crippen molar-refractivity contribution in [2.45, 2.75) is 19.9 Å². The highest BCUT2D eigenvalue weighted by Crippen LogP contribution is 2.39. The summed E-state index contributed by atoms with van der Waals surface area (Å²) in [5.41, 5.74) is 2.85. The highest BCUT2D eigenvalue weighted by Gasteiger charge is 2.34. The summed E-state index contributed by atoms with van der Waals surface area (Å²) in [6.45, 7) is 4.45. The minimum Gasteiger partial charge on any atom is -0.191 e. The van der Waals surface area contributed by atoms with Crippen molar-refractivity contribution in [2.75, 3.05) is 0 Å². The quantitative estimate of drug-likeness (QED) is 0.578. The van der Waals surface area contributed by atoms with E-state index in [9.17, 15) is 0 Å². The Bertz CT molecular complexity index is 499. The van der Waals surface area contributed by atoms with Crippen LogP contribution in [-0.4, -0.2) is 0 Å². The maximum absolute atomic E-state index is 2.35. The third kappa shape index (κ3) is 0.919. The fourth-order valence-corrected chi connectivity index (χ4v) is 3.31. The minimum absolute atomic E-state index is 0.506. The molecule has 0 aromatic carbocycles. The van der Waals surface area contributed by atoms with E-state index >= 15 is 0 Å². The Kier molecular flexibility index (Phi) is 1.56. The average molecular weight is 202 g/mol. The normalized spacial score (nSPS) is 18.0. The van der Waals surface area contributed by atoms with Gasteiger partial charge >= 0.3 is 0 Å². The van der Waals surface area contributed by atoms with Crippen LogP contribution in [0.1, 0.15) is 23.4 Å². The summed E-state index contributed by atoms with van der Waals surface area (Å²) in [6, 6.07) is 9.24. The molecule has 0 saturated heterocycles. The SMILES string of the molecule is Cc1cc2c(s1)-c1cccc[n+]1C2C. The number of fused-ring (bicyclic) bond motifs is 3. The molecule has 1 aliphatic rings. The van der Waals surface area contributed by atoms with Crippen molar-refractivity contribution in [3.8, 4) is 10.6 Å². The molecule has 1 aliphatic heterocycles. The van der Waals surface area contributed by atoms with Crippen LogP contribution in [-0.2, 0) is 0 Å². The van der Waals surface area contributed by atoms with Crippen molar-refractivity contribution < 1.29 is 4.57 Å². The second kappa shape index (κ2) is 2.67. The fourth-order valence-electron chi connectivity index (χ4n) is 2.18. The molecule has 1 atom stereocenters. The minimum atomic E-state index is 0.506. The number of thiophene rings is 1. The molecule has 2 aromatic heterocycles. The van der Waals surface area contributed by atoms with Gasteiger partial charge in [0.15, 0.2) is 12.2 Å². The Labute approximate surface area is 87.6 Å². The predicted molar refractivity (Wildman–Crippen MR) is 58.5 cm³/mol. The van der Waals surface area contributed by atoms with Crippen molar-refractivity contribution in [1.82, 2.24) is 0 Å². The van der Waals surface area contributed by atoms with Gasteiger partial charge < -0.3 is 0 Å². The van der Waals surface area contributed by atoms with Crippen molar-refractivity contribution in [1.29, 1.82) is 0 Å². The van der Waals surface area contributed by atoms with E-state index in [0.29, 0.717) is 6.04 Å². The van der Waals surface area contributed by atoms with Gasteiger partial charge in [-0.05, 0) is 19.1 Å². The van der Waals surface area contributed by atoms with E-state index in [1.165, 1.54) is 21.0 Å². The first kappa shape index (κ1) is 8.18. The molecule has 2 aromatic rings. The number of nitrogens with zero attached hydrogens (tertiary/aromatic N) is 1. The van der Waals surface area contributed by atoms with E-state index in [0.717, 1.165) is 0 Å². The van der Waals surface area contributed by atoms with Gasteiger partial charge in [0.2, 0.25) is 5.69 Å². The molecule has 1 nitrogen and oxygen atoms in total. The van der Waals surface area contributed by atoms with E-state index in [1.807, 2.05) is 11.3 Å².